The van der Waals surface area contributed by atoms with Gasteiger partial charge in [0, 0.05) is 30.7 Å². The zero-order chi connectivity index (χ0) is 15.3. The molecular weight excluding hydrogens is 305 g/mol. The molecule has 0 spiro atoms. The van der Waals surface area contributed by atoms with Gasteiger partial charge in [-0.1, -0.05) is 0 Å². The van der Waals surface area contributed by atoms with Crippen LogP contribution >= 0.6 is 11.5 Å². The molecular formula is C12H19F3N4OS. The first-order valence-electron chi connectivity index (χ1n) is 6.97. The molecule has 0 radical (unpaired) electrons. The number of nitrogens with zero attached hydrogens (tertiary/aromatic N) is 2. The van der Waals surface area contributed by atoms with Crippen LogP contribution in [-0.4, -0.2) is 34.7 Å². The predicted octanol–water partition coefficient (Wildman–Crippen LogP) is 2.65. The van der Waals surface area contributed by atoms with E-state index in [-0.39, 0.29) is 11.2 Å². The second-order valence-electron chi connectivity index (χ2n) is 5.11. The molecule has 0 aromatic carbocycles. The average molecular weight is 324 g/mol. The Morgan fingerprint density at radius 2 is 2.00 bits per heavy atom. The summed E-state index contributed by atoms with van der Waals surface area (Å²) < 4.78 is 45.9. The molecule has 120 valence electrons. The van der Waals surface area contributed by atoms with E-state index in [1.54, 1.807) is 0 Å². The highest BCUT2D eigenvalue weighted by atomic mass is 32.1. The van der Waals surface area contributed by atoms with Crippen LogP contribution in [-0.2, 0) is 10.9 Å². The standard InChI is InChI=1S/C12H19F3N4OS/c13-12(14,15)10-18-11(21-19-10)17-6-1-7-20-9-4-2-8(16)3-5-9/h8-9H,1-7,16H2,(H,17,18,19). The van der Waals surface area contributed by atoms with Crippen LogP contribution in [0.15, 0.2) is 0 Å². The van der Waals surface area contributed by atoms with Crippen LogP contribution < -0.4 is 11.1 Å². The number of nitrogens with two attached hydrogens (primary N) is 1. The predicted molar refractivity (Wildman–Crippen MR) is 74.2 cm³/mol. The monoisotopic (exact) mass is 324 g/mol. The minimum Gasteiger partial charge on any atom is -0.378 e. The van der Waals surface area contributed by atoms with E-state index >= 15 is 0 Å². The molecule has 1 heterocycles. The number of hydrogen-bond donors (Lipinski definition) is 2. The van der Waals surface area contributed by atoms with Crippen LogP contribution in [0.2, 0.25) is 0 Å². The maximum atomic E-state index is 12.3. The number of hydrogen-bond acceptors (Lipinski definition) is 6. The Bertz CT molecular complexity index is 432. The summed E-state index contributed by atoms with van der Waals surface area (Å²) in [6.45, 7) is 1.09. The fraction of sp³-hybridized carbons (Fsp3) is 0.833. The van der Waals surface area contributed by atoms with Gasteiger partial charge in [0.1, 0.15) is 0 Å². The summed E-state index contributed by atoms with van der Waals surface area (Å²) in [5.74, 6) is -1.09. The lowest BCUT2D eigenvalue weighted by molar-refractivity contribution is -0.144. The van der Waals surface area contributed by atoms with Crippen molar-refractivity contribution in [3.63, 3.8) is 0 Å². The van der Waals surface area contributed by atoms with Gasteiger partial charge in [-0.2, -0.15) is 22.5 Å². The van der Waals surface area contributed by atoms with Crippen LogP contribution in [0.3, 0.4) is 0 Å². The first-order valence-corrected chi connectivity index (χ1v) is 7.74. The van der Waals surface area contributed by atoms with Crippen molar-refractivity contribution in [3.8, 4) is 0 Å². The van der Waals surface area contributed by atoms with Crippen LogP contribution in [0.5, 0.6) is 0 Å². The molecule has 1 fully saturated rings. The molecule has 9 heteroatoms. The Hall–Kier alpha value is -0.930. The molecule has 0 saturated heterocycles. The molecule has 0 amide bonds. The van der Waals surface area contributed by atoms with Gasteiger partial charge < -0.3 is 15.8 Å². The molecule has 0 unspecified atom stereocenters. The number of rotatable bonds is 6. The molecule has 5 nitrogen and oxygen atoms in total. The summed E-state index contributed by atoms with van der Waals surface area (Å²) in [5, 5.41) is 3.01. The minimum absolute atomic E-state index is 0.186. The molecule has 1 aromatic rings. The van der Waals surface area contributed by atoms with E-state index < -0.39 is 12.0 Å². The highest BCUT2D eigenvalue weighted by Crippen LogP contribution is 2.28. The highest BCUT2D eigenvalue weighted by molar-refractivity contribution is 7.09. The first-order chi connectivity index (χ1) is 9.95. The highest BCUT2D eigenvalue weighted by Gasteiger charge is 2.36. The van der Waals surface area contributed by atoms with E-state index in [1.165, 1.54) is 0 Å². The average Bonchev–Trinajstić information content (AvgIpc) is 2.89. The van der Waals surface area contributed by atoms with Crippen molar-refractivity contribution in [3.05, 3.63) is 5.82 Å². The first kappa shape index (κ1) is 16.4. The summed E-state index contributed by atoms with van der Waals surface area (Å²) in [7, 11) is 0. The van der Waals surface area contributed by atoms with Crippen LogP contribution in [0.25, 0.3) is 0 Å². The SMILES string of the molecule is NC1CCC(OCCCNc2nc(C(F)(F)F)ns2)CC1. The lowest BCUT2D eigenvalue weighted by Crippen LogP contribution is -2.30. The van der Waals surface area contributed by atoms with Gasteiger partial charge in [-0.15, -0.1) is 0 Å². The molecule has 1 saturated carbocycles. The van der Waals surface area contributed by atoms with E-state index in [0.29, 0.717) is 37.1 Å². The minimum atomic E-state index is -4.48. The molecule has 0 aliphatic heterocycles. The molecule has 21 heavy (non-hydrogen) atoms. The Kier molecular flexibility index (Phi) is 5.77. The van der Waals surface area contributed by atoms with Gasteiger partial charge >= 0.3 is 6.18 Å². The topological polar surface area (TPSA) is 73.1 Å². The molecule has 0 atom stereocenters. The summed E-state index contributed by atoms with van der Waals surface area (Å²) in [5.41, 5.74) is 5.81. The largest absolute Gasteiger partial charge is 0.452 e. The number of alkyl halides is 3. The molecule has 0 bridgehead atoms. The third kappa shape index (κ3) is 5.40. The number of nitrogens with one attached hydrogen (secondary N) is 1. The molecule has 2 rings (SSSR count). The quantitative estimate of drug-likeness (QED) is 0.787. The zero-order valence-corrected chi connectivity index (χ0v) is 12.3. The normalized spacial score (nSPS) is 23.2. The van der Waals surface area contributed by atoms with Crippen molar-refractivity contribution in [2.24, 2.45) is 5.73 Å². The molecule has 1 aromatic heterocycles. The van der Waals surface area contributed by atoms with Crippen LogP contribution in [0, 0.1) is 0 Å². The Morgan fingerprint density at radius 1 is 1.29 bits per heavy atom. The maximum Gasteiger partial charge on any atom is 0.452 e. The van der Waals surface area contributed by atoms with Gasteiger partial charge in [0.05, 0.1) is 6.10 Å². The smallest absolute Gasteiger partial charge is 0.378 e. The fourth-order valence-electron chi connectivity index (χ4n) is 2.18. The Morgan fingerprint density at radius 3 is 2.62 bits per heavy atom. The van der Waals surface area contributed by atoms with Gasteiger partial charge in [0.2, 0.25) is 11.0 Å². The Labute approximate surface area is 125 Å². The van der Waals surface area contributed by atoms with Crippen molar-refractivity contribution in [1.29, 1.82) is 0 Å². The number of ether oxygens (including phenoxy) is 1. The van der Waals surface area contributed by atoms with E-state index in [0.717, 1.165) is 25.7 Å². The zero-order valence-electron chi connectivity index (χ0n) is 11.5. The van der Waals surface area contributed by atoms with E-state index in [4.69, 9.17) is 10.5 Å². The van der Waals surface area contributed by atoms with Crippen molar-refractivity contribution in [1.82, 2.24) is 9.36 Å². The van der Waals surface area contributed by atoms with E-state index in [9.17, 15) is 13.2 Å². The maximum absolute atomic E-state index is 12.3. The lowest BCUT2D eigenvalue weighted by atomic mass is 9.94. The third-order valence-electron chi connectivity index (χ3n) is 3.35. The lowest BCUT2D eigenvalue weighted by Gasteiger charge is -2.26. The summed E-state index contributed by atoms with van der Waals surface area (Å²) >= 11 is 0.716. The molecule has 1 aliphatic carbocycles. The van der Waals surface area contributed by atoms with Gasteiger partial charge in [0.25, 0.3) is 0 Å². The summed E-state index contributed by atoms with van der Waals surface area (Å²) in [6.07, 6.45) is 0.454. The van der Waals surface area contributed by atoms with Gasteiger partial charge in [-0.25, -0.2) is 0 Å². The van der Waals surface area contributed by atoms with Gasteiger partial charge in [0.15, 0.2) is 0 Å². The number of anilines is 1. The van der Waals surface area contributed by atoms with E-state index in [1.807, 2.05) is 0 Å². The van der Waals surface area contributed by atoms with Gasteiger partial charge in [-0.3, -0.25) is 0 Å². The van der Waals surface area contributed by atoms with Crippen molar-refractivity contribution in [2.75, 3.05) is 18.5 Å². The fourth-order valence-corrected chi connectivity index (χ4v) is 2.79. The van der Waals surface area contributed by atoms with Crippen molar-refractivity contribution < 1.29 is 17.9 Å². The molecule has 3 N–H and O–H groups in total. The van der Waals surface area contributed by atoms with Crippen LogP contribution in [0.1, 0.15) is 37.9 Å². The second kappa shape index (κ2) is 7.37. The van der Waals surface area contributed by atoms with Crippen molar-refractivity contribution in [2.45, 2.75) is 50.4 Å². The summed E-state index contributed by atoms with van der Waals surface area (Å²) in [4.78, 5) is 3.39. The van der Waals surface area contributed by atoms with E-state index in [2.05, 4.69) is 14.7 Å². The summed E-state index contributed by atoms with van der Waals surface area (Å²) in [6, 6.07) is 0.298. The van der Waals surface area contributed by atoms with Crippen molar-refractivity contribution >= 4 is 16.7 Å². The van der Waals surface area contributed by atoms with Crippen LogP contribution in [0.4, 0.5) is 18.3 Å². The third-order valence-corrected chi connectivity index (χ3v) is 4.02. The van der Waals surface area contributed by atoms with Gasteiger partial charge in [-0.05, 0) is 32.1 Å². The number of aromatic nitrogens is 2. The Balaban J connectivity index is 1.58. The number of halogens is 3. The molecule has 1 aliphatic rings. The second-order valence-corrected chi connectivity index (χ2v) is 5.86.